The number of ketones is 2. The minimum absolute atomic E-state index is 0.0148. The fourth-order valence-electron chi connectivity index (χ4n) is 2.53. The first-order chi connectivity index (χ1) is 14.3. The molecule has 0 fully saturated rings. The maximum atomic E-state index is 11.9. The Morgan fingerprint density at radius 1 is 0.733 bits per heavy atom. The fourth-order valence-corrected chi connectivity index (χ4v) is 2.53. The number of benzene rings is 2. The van der Waals surface area contributed by atoms with Crippen molar-refractivity contribution in [3.8, 4) is 23.0 Å². The van der Waals surface area contributed by atoms with Gasteiger partial charge in [0.1, 0.15) is 0 Å². The van der Waals surface area contributed by atoms with E-state index in [2.05, 4.69) is 0 Å². The molecule has 0 unspecified atom stereocenters. The Hall–Kier alpha value is -3.06. The highest BCUT2D eigenvalue weighted by molar-refractivity contribution is 5.96. The highest BCUT2D eigenvalue weighted by Gasteiger charge is 2.11. The molecule has 0 heterocycles. The first kappa shape index (κ1) is 25.0. The summed E-state index contributed by atoms with van der Waals surface area (Å²) in [6.45, 7) is 2.26. The third-order valence-electron chi connectivity index (χ3n) is 4.28. The molecule has 0 atom stereocenters. The Morgan fingerprint density at radius 2 is 1.17 bits per heavy atom. The lowest BCUT2D eigenvalue weighted by molar-refractivity contribution is 0.0970. The van der Waals surface area contributed by atoms with E-state index >= 15 is 0 Å². The summed E-state index contributed by atoms with van der Waals surface area (Å²) in [5, 5.41) is 0. The molecule has 0 aliphatic rings. The number of Topliss-reactive ketones (excluding diaryl/α,β-unsaturated/α-hetero) is 2. The van der Waals surface area contributed by atoms with E-state index in [1.54, 1.807) is 64.8 Å². The van der Waals surface area contributed by atoms with Gasteiger partial charge in [-0.25, -0.2) is 0 Å². The quantitative estimate of drug-likeness (QED) is 0.575. The van der Waals surface area contributed by atoms with Crippen LogP contribution in [0.3, 0.4) is 0 Å². The second-order valence-corrected chi connectivity index (χ2v) is 6.67. The van der Waals surface area contributed by atoms with Crippen molar-refractivity contribution in [1.29, 1.82) is 0 Å². The molecular formula is C23H31NO6. The van der Waals surface area contributed by atoms with Crippen LogP contribution in [-0.4, -0.2) is 65.5 Å². The van der Waals surface area contributed by atoms with Crippen LogP contribution in [0, 0.1) is 0 Å². The number of nitrogens with zero attached hydrogens (tertiary/aromatic N) is 1. The zero-order valence-electron chi connectivity index (χ0n) is 18.8. The average Bonchev–Trinajstić information content (AvgIpc) is 2.76. The van der Waals surface area contributed by atoms with Crippen LogP contribution in [0.25, 0.3) is 0 Å². The maximum absolute atomic E-state index is 11.9. The van der Waals surface area contributed by atoms with Gasteiger partial charge in [0, 0.05) is 24.1 Å². The minimum Gasteiger partial charge on any atom is -0.493 e. The molecule has 0 saturated carbocycles. The van der Waals surface area contributed by atoms with Crippen LogP contribution in [0.15, 0.2) is 36.4 Å². The van der Waals surface area contributed by atoms with Crippen LogP contribution >= 0.6 is 0 Å². The van der Waals surface area contributed by atoms with E-state index in [-0.39, 0.29) is 11.6 Å². The summed E-state index contributed by atoms with van der Waals surface area (Å²) in [5.41, 5.74) is 1.28. The zero-order valence-corrected chi connectivity index (χ0v) is 18.8. The smallest absolute Gasteiger partial charge is 0.164 e. The second-order valence-electron chi connectivity index (χ2n) is 6.67. The summed E-state index contributed by atoms with van der Waals surface area (Å²) in [6, 6.07) is 10.3. The minimum atomic E-state index is 0.0148. The molecule has 0 aliphatic heterocycles. The Balaban J connectivity index is 0.000000311. The van der Waals surface area contributed by atoms with Gasteiger partial charge in [0.15, 0.2) is 34.6 Å². The molecule has 0 aromatic heterocycles. The molecule has 0 amide bonds. The highest BCUT2D eigenvalue weighted by atomic mass is 16.5. The second kappa shape index (κ2) is 12.5. The number of hydrogen-bond acceptors (Lipinski definition) is 7. The van der Waals surface area contributed by atoms with Gasteiger partial charge in [-0.1, -0.05) is 0 Å². The molecule has 7 heteroatoms. The van der Waals surface area contributed by atoms with Crippen molar-refractivity contribution in [2.75, 3.05) is 49.1 Å². The van der Waals surface area contributed by atoms with Gasteiger partial charge in [0.05, 0.1) is 28.4 Å². The van der Waals surface area contributed by atoms with Gasteiger partial charge in [-0.05, 0) is 57.4 Å². The zero-order chi connectivity index (χ0) is 22.7. The summed E-state index contributed by atoms with van der Waals surface area (Å²) in [4.78, 5) is 24.9. The van der Waals surface area contributed by atoms with Gasteiger partial charge < -0.3 is 23.8 Å². The maximum Gasteiger partial charge on any atom is 0.164 e. The summed E-state index contributed by atoms with van der Waals surface area (Å²) >= 11 is 0. The van der Waals surface area contributed by atoms with E-state index in [9.17, 15) is 9.59 Å². The molecule has 0 saturated heterocycles. The van der Waals surface area contributed by atoms with E-state index in [1.165, 1.54) is 6.92 Å². The first-order valence-corrected chi connectivity index (χ1v) is 9.40. The van der Waals surface area contributed by atoms with E-state index < -0.39 is 0 Å². The van der Waals surface area contributed by atoms with Crippen LogP contribution in [0.2, 0.25) is 0 Å². The molecule has 7 nitrogen and oxygen atoms in total. The normalized spacial score (nSPS) is 10.0. The largest absolute Gasteiger partial charge is 0.493 e. The summed E-state index contributed by atoms with van der Waals surface area (Å²) in [5.74, 6) is 2.56. The SMILES string of the molecule is COc1ccc(C(=O)CCN(C)C)cc1OC.COc1ccc(C(C)=O)cc1OC. The van der Waals surface area contributed by atoms with Crippen molar-refractivity contribution in [3.63, 3.8) is 0 Å². The molecule has 164 valence electrons. The van der Waals surface area contributed by atoms with Crippen LogP contribution in [0.5, 0.6) is 23.0 Å². The summed E-state index contributed by atoms with van der Waals surface area (Å²) in [6.07, 6.45) is 0.502. The van der Waals surface area contributed by atoms with Crippen LogP contribution < -0.4 is 18.9 Å². The van der Waals surface area contributed by atoms with Crippen LogP contribution in [0.4, 0.5) is 0 Å². The van der Waals surface area contributed by atoms with Crippen molar-refractivity contribution in [2.24, 2.45) is 0 Å². The standard InChI is InChI=1S/C13H19NO3.C10H12O3/c1-14(2)8-7-11(15)10-5-6-12(16-3)13(9-10)17-4;1-7(11)8-4-5-9(12-2)10(6-8)13-3/h5-6,9H,7-8H2,1-4H3;4-6H,1-3H3. The van der Waals surface area contributed by atoms with Crippen molar-refractivity contribution in [1.82, 2.24) is 4.90 Å². The molecule has 0 radical (unpaired) electrons. The van der Waals surface area contributed by atoms with E-state index in [1.807, 2.05) is 19.0 Å². The molecular weight excluding hydrogens is 386 g/mol. The van der Waals surface area contributed by atoms with Crippen molar-refractivity contribution in [3.05, 3.63) is 47.5 Å². The van der Waals surface area contributed by atoms with E-state index in [4.69, 9.17) is 18.9 Å². The lowest BCUT2D eigenvalue weighted by atomic mass is 10.1. The molecule has 0 N–H and O–H groups in total. The molecule has 2 rings (SSSR count). The summed E-state index contributed by atoms with van der Waals surface area (Å²) in [7, 11) is 10.1. The molecule has 0 spiro atoms. The Labute approximate surface area is 178 Å². The first-order valence-electron chi connectivity index (χ1n) is 9.40. The van der Waals surface area contributed by atoms with Crippen LogP contribution in [-0.2, 0) is 0 Å². The number of methoxy groups -OCH3 is 4. The Bertz CT molecular complexity index is 848. The topological polar surface area (TPSA) is 74.3 Å². The lowest BCUT2D eigenvalue weighted by Crippen LogP contribution is -2.16. The van der Waals surface area contributed by atoms with E-state index in [0.29, 0.717) is 40.5 Å². The van der Waals surface area contributed by atoms with Crippen molar-refractivity contribution in [2.45, 2.75) is 13.3 Å². The molecule has 0 aliphatic carbocycles. The fraction of sp³-hybridized carbons (Fsp3) is 0.391. The number of carbonyl (C=O) groups excluding carboxylic acids is 2. The number of carbonyl (C=O) groups is 2. The molecule has 2 aromatic carbocycles. The third kappa shape index (κ3) is 7.40. The number of rotatable bonds is 9. The predicted octanol–water partition coefficient (Wildman–Crippen LogP) is 3.74. The summed E-state index contributed by atoms with van der Waals surface area (Å²) < 4.78 is 20.4. The molecule has 2 aromatic rings. The van der Waals surface area contributed by atoms with Gasteiger partial charge in [-0.2, -0.15) is 0 Å². The van der Waals surface area contributed by atoms with Gasteiger partial charge >= 0.3 is 0 Å². The highest BCUT2D eigenvalue weighted by Crippen LogP contribution is 2.28. The van der Waals surface area contributed by atoms with E-state index in [0.717, 1.165) is 6.54 Å². The number of ether oxygens (including phenoxy) is 4. The van der Waals surface area contributed by atoms with Gasteiger partial charge in [0.2, 0.25) is 0 Å². The monoisotopic (exact) mass is 417 g/mol. The molecule has 0 bridgehead atoms. The molecule has 30 heavy (non-hydrogen) atoms. The van der Waals surface area contributed by atoms with Gasteiger partial charge in [-0.3, -0.25) is 9.59 Å². The number of hydrogen-bond donors (Lipinski definition) is 0. The Kier molecular flexibility index (Phi) is 10.4. The van der Waals surface area contributed by atoms with Crippen LogP contribution in [0.1, 0.15) is 34.1 Å². The van der Waals surface area contributed by atoms with Gasteiger partial charge in [0.25, 0.3) is 0 Å². The van der Waals surface area contributed by atoms with Gasteiger partial charge in [-0.15, -0.1) is 0 Å². The van der Waals surface area contributed by atoms with Crippen molar-refractivity contribution >= 4 is 11.6 Å². The predicted molar refractivity (Wildman–Crippen MR) is 117 cm³/mol. The average molecular weight is 418 g/mol. The Morgan fingerprint density at radius 3 is 1.57 bits per heavy atom. The third-order valence-corrected chi connectivity index (χ3v) is 4.28. The lowest BCUT2D eigenvalue weighted by Gasteiger charge is -2.10. The van der Waals surface area contributed by atoms with Crippen molar-refractivity contribution < 1.29 is 28.5 Å².